The van der Waals surface area contributed by atoms with E-state index in [0.717, 1.165) is 18.7 Å². The van der Waals surface area contributed by atoms with E-state index in [2.05, 4.69) is 63.7 Å². The Balaban J connectivity index is 1.44. The topological polar surface area (TPSA) is 72.3 Å². The van der Waals surface area contributed by atoms with Crippen molar-refractivity contribution in [3.8, 4) is 6.07 Å². The molecule has 6 heteroatoms. The van der Waals surface area contributed by atoms with Crippen LogP contribution in [-0.4, -0.2) is 46.9 Å². The number of amides is 1. The molecule has 6 nitrogen and oxygen atoms in total. The van der Waals surface area contributed by atoms with E-state index in [1.54, 1.807) is 11.1 Å². The number of pyridine rings is 1. The number of nitrogens with zero attached hydrogens (tertiary/aromatic N) is 4. The minimum absolute atomic E-state index is 0.0773. The summed E-state index contributed by atoms with van der Waals surface area (Å²) in [6.07, 6.45) is 3.18. The quantitative estimate of drug-likeness (QED) is 0.463. The maximum absolute atomic E-state index is 13.0. The van der Waals surface area contributed by atoms with Crippen molar-refractivity contribution in [2.45, 2.75) is 13.0 Å². The molecule has 0 spiro atoms. The summed E-state index contributed by atoms with van der Waals surface area (Å²) < 4.78 is 0. The van der Waals surface area contributed by atoms with Crippen LogP contribution in [0.15, 0.2) is 90.8 Å². The number of aryl methyl sites for hydroxylation is 1. The molecule has 0 saturated carbocycles. The second-order valence-corrected chi connectivity index (χ2v) is 8.09. The van der Waals surface area contributed by atoms with Gasteiger partial charge < -0.3 is 10.2 Å². The number of nitrogens with one attached hydrogen (secondary N) is 1. The molecular formula is C27H27N5O. The Kier molecular flexibility index (Phi) is 7.13. The summed E-state index contributed by atoms with van der Waals surface area (Å²) in [5.41, 5.74) is 3.59. The number of piperazine rings is 1. The molecule has 0 unspecified atom stereocenters. The largest absolute Gasteiger partial charge is 0.345 e. The second kappa shape index (κ2) is 10.6. The van der Waals surface area contributed by atoms with Gasteiger partial charge in [-0.25, -0.2) is 4.98 Å². The van der Waals surface area contributed by atoms with Gasteiger partial charge in [0.1, 0.15) is 17.5 Å². The van der Waals surface area contributed by atoms with Gasteiger partial charge in [-0.3, -0.25) is 9.69 Å². The van der Waals surface area contributed by atoms with Crippen molar-refractivity contribution >= 4 is 11.7 Å². The first kappa shape index (κ1) is 22.3. The van der Waals surface area contributed by atoms with Gasteiger partial charge in [-0.05, 0) is 29.7 Å². The van der Waals surface area contributed by atoms with Crippen LogP contribution in [0.25, 0.3) is 0 Å². The van der Waals surface area contributed by atoms with E-state index in [0.29, 0.717) is 18.9 Å². The van der Waals surface area contributed by atoms with Gasteiger partial charge in [0.25, 0.3) is 5.91 Å². The van der Waals surface area contributed by atoms with E-state index in [4.69, 9.17) is 0 Å². The molecule has 1 aromatic heterocycles. The van der Waals surface area contributed by atoms with Crippen molar-refractivity contribution < 1.29 is 4.79 Å². The lowest BCUT2D eigenvalue weighted by Gasteiger charge is -2.39. The number of rotatable bonds is 6. The van der Waals surface area contributed by atoms with Crippen molar-refractivity contribution in [1.29, 1.82) is 5.26 Å². The van der Waals surface area contributed by atoms with E-state index in [9.17, 15) is 10.1 Å². The van der Waals surface area contributed by atoms with Gasteiger partial charge in [0.05, 0.1) is 6.04 Å². The van der Waals surface area contributed by atoms with Crippen LogP contribution in [-0.2, 0) is 4.79 Å². The lowest BCUT2D eigenvalue weighted by molar-refractivity contribution is -0.128. The molecule has 33 heavy (non-hydrogen) atoms. The first-order chi connectivity index (χ1) is 16.2. The summed E-state index contributed by atoms with van der Waals surface area (Å²) >= 11 is 0. The first-order valence-corrected chi connectivity index (χ1v) is 11.1. The van der Waals surface area contributed by atoms with Crippen molar-refractivity contribution in [3.63, 3.8) is 0 Å². The number of carbonyl (C=O) groups is 1. The molecule has 4 rings (SSSR count). The molecule has 1 aliphatic rings. The first-order valence-electron chi connectivity index (χ1n) is 11.1. The molecule has 1 fully saturated rings. The molecule has 3 aromatic rings. The fourth-order valence-corrected chi connectivity index (χ4v) is 4.08. The SMILES string of the molecule is Cc1ccc(N/C=C(/C#N)C(=O)N2CCN(C(c3ccccc3)c3ccccc3)CC2)nc1. The van der Waals surface area contributed by atoms with Crippen LogP contribution in [0.5, 0.6) is 0 Å². The third kappa shape index (κ3) is 5.46. The average molecular weight is 438 g/mol. The minimum Gasteiger partial charge on any atom is -0.345 e. The highest BCUT2D eigenvalue weighted by Gasteiger charge is 2.29. The van der Waals surface area contributed by atoms with Gasteiger partial charge in [0.2, 0.25) is 0 Å². The van der Waals surface area contributed by atoms with Gasteiger partial charge in [0, 0.05) is 38.6 Å². The molecule has 0 radical (unpaired) electrons. The smallest absolute Gasteiger partial charge is 0.266 e. The van der Waals surface area contributed by atoms with Crippen molar-refractivity contribution in [2.24, 2.45) is 0 Å². The van der Waals surface area contributed by atoms with E-state index >= 15 is 0 Å². The molecule has 1 aliphatic heterocycles. The van der Waals surface area contributed by atoms with Crippen LogP contribution in [0.3, 0.4) is 0 Å². The van der Waals surface area contributed by atoms with Crippen molar-refractivity contribution in [3.05, 3.63) is 107 Å². The number of benzene rings is 2. The Morgan fingerprint density at radius 3 is 2.09 bits per heavy atom. The molecule has 0 bridgehead atoms. The second-order valence-electron chi connectivity index (χ2n) is 8.09. The maximum Gasteiger partial charge on any atom is 0.266 e. The summed E-state index contributed by atoms with van der Waals surface area (Å²) in [4.78, 5) is 21.4. The van der Waals surface area contributed by atoms with Gasteiger partial charge in [-0.1, -0.05) is 66.7 Å². The molecule has 1 saturated heterocycles. The number of nitriles is 1. The van der Waals surface area contributed by atoms with Gasteiger partial charge in [-0.2, -0.15) is 5.26 Å². The molecule has 2 aromatic carbocycles. The summed E-state index contributed by atoms with van der Waals surface area (Å²) in [6.45, 7) is 4.54. The monoisotopic (exact) mass is 437 g/mol. The summed E-state index contributed by atoms with van der Waals surface area (Å²) in [5.74, 6) is 0.340. The van der Waals surface area contributed by atoms with E-state index in [1.807, 2.05) is 37.3 Å². The molecular weight excluding hydrogens is 410 g/mol. The molecule has 166 valence electrons. The molecule has 1 N–H and O–H groups in total. The predicted octanol–water partition coefficient (Wildman–Crippen LogP) is 4.14. The maximum atomic E-state index is 13.0. The number of hydrogen-bond donors (Lipinski definition) is 1. The van der Waals surface area contributed by atoms with Crippen molar-refractivity contribution in [1.82, 2.24) is 14.8 Å². The van der Waals surface area contributed by atoms with Crippen LogP contribution < -0.4 is 5.32 Å². The number of anilines is 1. The standard InChI is InChI=1S/C27H27N5O/c1-21-12-13-25(29-19-21)30-20-24(18-28)27(33)32-16-14-31(15-17-32)26(22-8-4-2-5-9-22)23-10-6-3-7-11-23/h2-13,19-20,26H,14-17H2,1H3,(H,29,30)/b24-20-. The van der Waals surface area contributed by atoms with Crippen LogP contribution in [0, 0.1) is 18.3 Å². The normalized spacial score (nSPS) is 14.7. The Morgan fingerprint density at radius 1 is 0.970 bits per heavy atom. The Bertz CT molecular complexity index is 1090. The summed E-state index contributed by atoms with van der Waals surface area (Å²) in [7, 11) is 0. The van der Waals surface area contributed by atoms with Crippen LogP contribution in [0.2, 0.25) is 0 Å². The van der Waals surface area contributed by atoms with Crippen LogP contribution >= 0.6 is 0 Å². The Morgan fingerprint density at radius 2 is 1.58 bits per heavy atom. The third-order valence-corrected chi connectivity index (χ3v) is 5.82. The van der Waals surface area contributed by atoms with Crippen LogP contribution in [0.1, 0.15) is 22.7 Å². The van der Waals surface area contributed by atoms with Gasteiger partial charge >= 0.3 is 0 Å². The molecule has 0 atom stereocenters. The molecule has 0 aliphatic carbocycles. The van der Waals surface area contributed by atoms with E-state index < -0.39 is 0 Å². The van der Waals surface area contributed by atoms with Gasteiger partial charge in [-0.15, -0.1) is 0 Å². The zero-order valence-corrected chi connectivity index (χ0v) is 18.7. The predicted molar refractivity (Wildman–Crippen MR) is 129 cm³/mol. The zero-order valence-electron chi connectivity index (χ0n) is 18.7. The Labute approximate surface area is 194 Å². The highest BCUT2D eigenvalue weighted by Crippen LogP contribution is 2.29. The highest BCUT2D eigenvalue weighted by molar-refractivity contribution is 5.97. The van der Waals surface area contributed by atoms with Gasteiger partial charge in [0.15, 0.2) is 0 Å². The number of hydrogen-bond acceptors (Lipinski definition) is 5. The summed E-state index contributed by atoms with van der Waals surface area (Å²) in [6, 6.07) is 26.8. The molecule has 1 amide bonds. The Hall–Kier alpha value is -3.95. The zero-order chi connectivity index (χ0) is 23.0. The number of aromatic nitrogens is 1. The highest BCUT2D eigenvalue weighted by atomic mass is 16.2. The lowest BCUT2D eigenvalue weighted by Crippen LogP contribution is -2.50. The average Bonchev–Trinajstić information content (AvgIpc) is 2.87. The minimum atomic E-state index is -0.257. The third-order valence-electron chi connectivity index (χ3n) is 5.82. The summed E-state index contributed by atoms with van der Waals surface area (Å²) in [5, 5.41) is 12.5. The number of carbonyl (C=O) groups excluding carboxylic acids is 1. The lowest BCUT2D eigenvalue weighted by atomic mass is 9.96. The van der Waals surface area contributed by atoms with Crippen molar-refractivity contribution in [2.75, 3.05) is 31.5 Å². The van der Waals surface area contributed by atoms with E-state index in [-0.39, 0.29) is 17.5 Å². The fourth-order valence-electron chi connectivity index (χ4n) is 4.08. The van der Waals surface area contributed by atoms with Crippen LogP contribution in [0.4, 0.5) is 5.82 Å². The van der Waals surface area contributed by atoms with E-state index in [1.165, 1.54) is 17.3 Å². The molecule has 2 heterocycles. The fraction of sp³-hybridized carbons (Fsp3) is 0.222.